The molecule has 0 bridgehead atoms. The number of nitrogens with zero attached hydrogens (tertiary/aromatic N) is 1. The van der Waals surface area contributed by atoms with Crippen LogP contribution in [0.15, 0.2) is 57.9 Å². The summed E-state index contributed by atoms with van der Waals surface area (Å²) in [5.41, 5.74) is 1.85. The summed E-state index contributed by atoms with van der Waals surface area (Å²) in [6, 6.07) is 13.0. The van der Waals surface area contributed by atoms with E-state index in [1.807, 2.05) is 44.2 Å². The lowest BCUT2D eigenvalue weighted by atomic mass is 10.1. The Balaban J connectivity index is 1.34. The molecule has 5 nitrogen and oxygen atoms in total. The lowest BCUT2D eigenvalue weighted by molar-refractivity contribution is 0.216. The molecule has 1 aromatic heterocycles. The third kappa shape index (κ3) is 5.71. The summed E-state index contributed by atoms with van der Waals surface area (Å²) in [4.78, 5) is 15.5. The van der Waals surface area contributed by atoms with E-state index in [2.05, 4.69) is 4.90 Å². The van der Waals surface area contributed by atoms with E-state index in [0.717, 1.165) is 17.7 Å². The number of fused-ring (bicyclic) bond motifs is 1. The topological polar surface area (TPSA) is 51.9 Å². The Morgan fingerprint density at radius 1 is 0.969 bits per heavy atom. The molecule has 2 aromatic carbocycles. The minimum Gasteiger partial charge on any atom is -0.494 e. The van der Waals surface area contributed by atoms with Gasteiger partial charge in [0.05, 0.1) is 23.7 Å². The van der Waals surface area contributed by atoms with Gasteiger partial charge in [-0.15, -0.1) is 0 Å². The van der Waals surface area contributed by atoms with E-state index in [0.29, 0.717) is 28.9 Å². The molecule has 0 amide bonds. The van der Waals surface area contributed by atoms with Crippen LogP contribution in [0.1, 0.15) is 46.0 Å². The third-order valence-electron chi connectivity index (χ3n) is 5.87. The zero-order valence-corrected chi connectivity index (χ0v) is 19.1. The van der Waals surface area contributed by atoms with Gasteiger partial charge in [0.2, 0.25) is 0 Å². The van der Waals surface area contributed by atoms with Crippen LogP contribution >= 0.6 is 0 Å². The van der Waals surface area contributed by atoms with Crippen LogP contribution in [0, 0.1) is 0 Å². The first-order chi connectivity index (χ1) is 15.6. The van der Waals surface area contributed by atoms with Crippen LogP contribution in [0.5, 0.6) is 11.5 Å². The van der Waals surface area contributed by atoms with Gasteiger partial charge in [-0.1, -0.05) is 18.6 Å². The fourth-order valence-electron chi connectivity index (χ4n) is 4.19. The van der Waals surface area contributed by atoms with E-state index >= 15 is 0 Å². The number of hydrogen-bond donors (Lipinski definition) is 0. The molecule has 170 valence electrons. The first kappa shape index (κ1) is 22.4. The monoisotopic (exact) mass is 435 g/mol. The van der Waals surface area contributed by atoms with Crippen molar-refractivity contribution in [3.05, 3.63) is 59.0 Å². The number of rotatable bonds is 9. The van der Waals surface area contributed by atoms with Crippen LogP contribution in [0.25, 0.3) is 22.1 Å². The van der Waals surface area contributed by atoms with Gasteiger partial charge >= 0.3 is 0 Å². The average Bonchev–Trinajstić information content (AvgIpc) is 2.80. The number of piperidine rings is 1. The normalized spacial score (nSPS) is 14.7. The molecule has 0 radical (unpaired) electrons. The maximum absolute atomic E-state index is 13.0. The van der Waals surface area contributed by atoms with E-state index in [1.165, 1.54) is 51.6 Å². The number of ether oxygens (including phenoxy) is 2. The molecule has 1 fully saturated rings. The van der Waals surface area contributed by atoms with Gasteiger partial charge < -0.3 is 18.8 Å². The molecule has 4 rings (SSSR count). The average molecular weight is 436 g/mol. The lowest BCUT2D eigenvalue weighted by Gasteiger charge is -2.26. The Labute approximate surface area is 189 Å². The SMILES string of the molecule is CC(C)Oc1ccc2c(=O)c(-c3ccc(OCCCCN4CCCCC4)cc3)coc2c1. The molecule has 0 spiro atoms. The molecule has 1 aliphatic rings. The summed E-state index contributed by atoms with van der Waals surface area (Å²) in [5.74, 6) is 1.52. The number of benzene rings is 2. The van der Waals surface area contributed by atoms with Gasteiger partial charge in [0.1, 0.15) is 23.3 Å². The molecule has 1 saturated heterocycles. The zero-order valence-electron chi connectivity index (χ0n) is 19.1. The van der Waals surface area contributed by atoms with Crippen LogP contribution in [-0.4, -0.2) is 37.2 Å². The smallest absolute Gasteiger partial charge is 0.200 e. The van der Waals surface area contributed by atoms with Crippen molar-refractivity contribution in [1.29, 1.82) is 0 Å². The molecule has 0 atom stereocenters. The van der Waals surface area contributed by atoms with Crippen molar-refractivity contribution in [3.63, 3.8) is 0 Å². The predicted molar refractivity (Wildman–Crippen MR) is 129 cm³/mol. The van der Waals surface area contributed by atoms with E-state index in [9.17, 15) is 4.79 Å². The number of likely N-dealkylation sites (tertiary alicyclic amines) is 1. The molecular formula is C27H33NO4. The highest BCUT2D eigenvalue weighted by Crippen LogP contribution is 2.25. The fraction of sp³-hybridized carbons (Fsp3) is 0.444. The highest BCUT2D eigenvalue weighted by Gasteiger charge is 2.11. The van der Waals surface area contributed by atoms with Gasteiger partial charge in [0.15, 0.2) is 5.43 Å². The summed E-state index contributed by atoms with van der Waals surface area (Å²) < 4.78 is 17.3. The molecule has 5 heteroatoms. The van der Waals surface area contributed by atoms with Crippen molar-refractivity contribution in [2.45, 2.75) is 52.1 Å². The highest BCUT2D eigenvalue weighted by molar-refractivity contribution is 5.82. The van der Waals surface area contributed by atoms with Crippen LogP contribution < -0.4 is 14.9 Å². The Bertz CT molecular complexity index is 1070. The molecule has 0 unspecified atom stereocenters. The van der Waals surface area contributed by atoms with E-state index in [4.69, 9.17) is 13.9 Å². The molecule has 1 aliphatic heterocycles. The first-order valence-corrected chi connectivity index (χ1v) is 11.8. The Morgan fingerprint density at radius 3 is 2.47 bits per heavy atom. The van der Waals surface area contributed by atoms with Crippen molar-refractivity contribution in [2.24, 2.45) is 0 Å². The van der Waals surface area contributed by atoms with Crippen molar-refractivity contribution in [3.8, 4) is 22.6 Å². The standard InChI is InChI=1S/C27H33NO4/c1-20(2)32-23-12-13-24-26(18-23)31-19-25(27(24)29)21-8-10-22(11-9-21)30-17-7-6-16-28-14-4-3-5-15-28/h8-13,18-20H,3-7,14-17H2,1-2H3. The number of unbranched alkanes of at least 4 members (excludes halogenated alkanes) is 1. The largest absolute Gasteiger partial charge is 0.494 e. The minimum atomic E-state index is -0.0475. The van der Waals surface area contributed by atoms with Crippen molar-refractivity contribution in [2.75, 3.05) is 26.2 Å². The van der Waals surface area contributed by atoms with Crippen LogP contribution in [0.3, 0.4) is 0 Å². The second-order valence-corrected chi connectivity index (χ2v) is 8.79. The van der Waals surface area contributed by atoms with Crippen LogP contribution in [0.4, 0.5) is 0 Å². The molecule has 2 heterocycles. The minimum absolute atomic E-state index is 0.0475. The van der Waals surface area contributed by atoms with Gasteiger partial charge in [0.25, 0.3) is 0 Å². The second-order valence-electron chi connectivity index (χ2n) is 8.79. The summed E-state index contributed by atoms with van der Waals surface area (Å²) in [6.45, 7) is 8.31. The fourth-order valence-corrected chi connectivity index (χ4v) is 4.19. The van der Waals surface area contributed by atoms with Gasteiger partial charge in [0, 0.05) is 6.07 Å². The molecule has 0 saturated carbocycles. The third-order valence-corrected chi connectivity index (χ3v) is 5.87. The zero-order chi connectivity index (χ0) is 22.3. The Hall–Kier alpha value is -2.79. The van der Waals surface area contributed by atoms with E-state index in [-0.39, 0.29) is 11.5 Å². The molecule has 0 N–H and O–H groups in total. The molecule has 0 aliphatic carbocycles. The van der Waals surface area contributed by atoms with Crippen LogP contribution in [0.2, 0.25) is 0 Å². The van der Waals surface area contributed by atoms with Crippen molar-refractivity contribution < 1.29 is 13.9 Å². The summed E-state index contributed by atoms with van der Waals surface area (Å²) in [6.07, 6.45) is 7.87. The predicted octanol–water partition coefficient (Wildman–Crippen LogP) is 5.89. The maximum atomic E-state index is 13.0. The van der Waals surface area contributed by atoms with Crippen molar-refractivity contribution in [1.82, 2.24) is 4.90 Å². The van der Waals surface area contributed by atoms with Gasteiger partial charge in [-0.3, -0.25) is 4.79 Å². The summed E-state index contributed by atoms with van der Waals surface area (Å²) >= 11 is 0. The number of hydrogen-bond acceptors (Lipinski definition) is 5. The van der Waals surface area contributed by atoms with E-state index in [1.54, 1.807) is 12.1 Å². The second kappa shape index (κ2) is 10.7. The lowest BCUT2D eigenvalue weighted by Crippen LogP contribution is -2.30. The molecule has 32 heavy (non-hydrogen) atoms. The van der Waals surface area contributed by atoms with Gasteiger partial charge in [-0.05, 0) is 89.0 Å². The van der Waals surface area contributed by atoms with E-state index < -0.39 is 0 Å². The Kier molecular flexibility index (Phi) is 7.48. The molecular weight excluding hydrogens is 402 g/mol. The van der Waals surface area contributed by atoms with Crippen LogP contribution in [-0.2, 0) is 0 Å². The summed E-state index contributed by atoms with van der Waals surface area (Å²) in [7, 11) is 0. The van der Waals surface area contributed by atoms with Gasteiger partial charge in [-0.25, -0.2) is 0 Å². The maximum Gasteiger partial charge on any atom is 0.200 e. The van der Waals surface area contributed by atoms with Crippen molar-refractivity contribution >= 4 is 11.0 Å². The first-order valence-electron chi connectivity index (χ1n) is 11.8. The van der Waals surface area contributed by atoms with Gasteiger partial charge in [-0.2, -0.15) is 0 Å². The molecule has 3 aromatic rings. The quantitative estimate of drug-likeness (QED) is 0.392. The summed E-state index contributed by atoms with van der Waals surface area (Å²) in [5, 5.41) is 0.549. The Morgan fingerprint density at radius 2 is 1.72 bits per heavy atom. The highest BCUT2D eigenvalue weighted by atomic mass is 16.5.